The van der Waals surface area contributed by atoms with Gasteiger partial charge in [-0.15, -0.1) is 34.0 Å². The number of rotatable bonds is 6. The molecule has 0 radical (unpaired) electrons. The molecular formula is C126H71N3O4S3. The highest BCUT2D eigenvalue weighted by atomic mass is 32.1. The molecule has 136 heavy (non-hydrogen) atoms. The minimum atomic E-state index is 0.868. The molecule has 10 heteroatoms. The first-order valence-corrected chi connectivity index (χ1v) is 48.6. The third-order valence-corrected chi connectivity index (χ3v) is 31.9. The van der Waals surface area contributed by atoms with Crippen molar-refractivity contribution in [2.24, 2.45) is 0 Å². The van der Waals surface area contributed by atoms with Crippen LogP contribution in [0.25, 0.3) is 296 Å². The molecule has 22 aromatic carbocycles. The standard InChI is InChI=1S/C46H27NS2.C40H21NO3.C40H23NOS/c1-3-13-28(14-4-1)30-25-31(29-15-5-2-6-16-29)27-32(26-30)47-37-20-10-7-17-33(37)44-45(47)36-23-24-40-41(34-18-8-11-21-38(34)48-40)42(36)43-35-19-9-12-22-39(35)49-46(43)44;1-5-14-27-22(10-1)38-39(41(27)28-15-9-19-32-34(28)23-11-2-6-16-29(23)42-32)26-20-21-33-35(24-12-3-7-17-30(24)43-33)36(26)37-25-13-4-8-18-31(25)44-40(37)38;1-2-11-24(12-3-1)25-13-10-14-26(23-25)41-31-18-7-4-15-27(31)38-39(41)30-21-22-34-35(29-17-6-9-20-33(29)43-34)36(30)37-28-16-5-8-19-32(28)42-40(37)38/h1-27H;1-21H;1-23H. The Bertz CT molecular complexity index is 10700. The van der Waals surface area contributed by atoms with Crippen LogP contribution in [0.4, 0.5) is 0 Å². The number of aromatic nitrogens is 3. The van der Waals surface area contributed by atoms with Gasteiger partial charge in [-0.25, -0.2) is 0 Å². The molecule has 632 valence electrons. The highest BCUT2D eigenvalue weighted by molar-refractivity contribution is 7.28. The van der Waals surface area contributed by atoms with Crippen molar-refractivity contribution in [2.75, 3.05) is 0 Å². The lowest BCUT2D eigenvalue weighted by atomic mass is 9.95. The molecule has 0 spiro atoms. The Morgan fingerprint density at radius 1 is 0.162 bits per heavy atom. The zero-order valence-corrected chi connectivity index (χ0v) is 75.1. The van der Waals surface area contributed by atoms with Crippen molar-refractivity contribution in [2.45, 2.75) is 0 Å². The summed E-state index contributed by atoms with van der Waals surface area (Å²) in [6, 6.07) is 155. The molecule has 0 N–H and O–H groups in total. The van der Waals surface area contributed by atoms with Crippen LogP contribution < -0.4 is 0 Å². The summed E-state index contributed by atoms with van der Waals surface area (Å²) in [5.74, 6) is 0. The van der Waals surface area contributed by atoms with E-state index in [1.54, 1.807) is 0 Å². The Balaban J connectivity index is 0.0000000971. The normalized spacial score (nSPS) is 12.3. The Kier molecular flexibility index (Phi) is 16.2. The number of fused-ring (bicyclic) bond motifs is 45. The van der Waals surface area contributed by atoms with Crippen molar-refractivity contribution in [3.05, 3.63) is 431 Å². The fourth-order valence-electron chi connectivity index (χ4n) is 22.9. The molecular weight excluding hydrogens is 1720 g/mol. The van der Waals surface area contributed by atoms with Crippen molar-refractivity contribution >= 4 is 280 Å². The Morgan fingerprint density at radius 2 is 0.507 bits per heavy atom. The molecule has 32 rings (SSSR count). The first-order chi connectivity index (χ1) is 67.5. The number of hydrogen-bond donors (Lipinski definition) is 0. The second-order valence-corrected chi connectivity index (χ2v) is 38.9. The van der Waals surface area contributed by atoms with Crippen molar-refractivity contribution in [1.29, 1.82) is 0 Å². The van der Waals surface area contributed by atoms with E-state index in [-0.39, 0.29) is 0 Å². The van der Waals surface area contributed by atoms with Gasteiger partial charge >= 0.3 is 0 Å². The SMILES string of the molecule is c1ccc(-c2cc(-c3ccccc3)cc(-n3c4ccccc4c4c5sc6ccccc6c5c5c(ccc6sc7ccccc7c65)c43)c2)cc1.c1ccc(-c2cccc(-n3c4ccccc4c4c5oc6ccccc6c5c5c(ccc6sc7ccccc7c65)c43)c2)cc1.c1ccc2c(c1)oc1cccc(-n3c4ccccc4c4c5oc6ccccc6c5c5c(ccc6oc7ccccc7c65)c43)c12. The van der Waals surface area contributed by atoms with Crippen LogP contribution in [-0.4, -0.2) is 13.7 Å². The zero-order chi connectivity index (χ0) is 88.6. The molecule has 0 bridgehead atoms. The van der Waals surface area contributed by atoms with Crippen molar-refractivity contribution in [3.63, 3.8) is 0 Å². The predicted molar refractivity (Wildman–Crippen MR) is 579 cm³/mol. The lowest BCUT2D eigenvalue weighted by Gasteiger charge is -2.15. The summed E-state index contributed by atoms with van der Waals surface area (Å²) in [5.41, 5.74) is 24.9. The minimum Gasteiger partial charge on any atom is -0.456 e. The maximum atomic E-state index is 6.85. The first-order valence-electron chi connectivity index (χ1n) is 46.2. The van der Waals surface area contributed by atoms with Crippen molar-refractivity contribution < 1.29 is 17.7 Å². The van der Waals surface area contributed by atoms with Gasteiger partial charge in [-0.1, -0.05) is 303 Å². The van der Waals surface area contributed by atoms with Gasteiger partial charge < -0.3 is 31.4 Å². The van der Waals surface area contributed by atoms with E-state index in [9.17, 15) is 0 Å². The monoisotopic (exact) mass is 1790 g/mol. The molecule has 7 nitrogen and oxygen atoms in total. The lowest BCUT2D eigenvalue weighted by molar-refractivity contribution is 0.668. The second kappa shape index (κ2) is 29.2. The van der Waals surface area contributed by atoms with Crippen LogP contribution in [-0.2, 0) is 0 Å². The number of hydrogen-bond acceptors (Lipinski definition) is 7. The van der Waals surface area contributed by atoms with Crippen molar-refractivity contribution in [1.82, 2.24) is 13.7 Å². The van der Waals surface area contributed by atoms with Crippen LogP contribution in [0.3, 0.4) is 0 Å². The van der Waals surface area contributed by atoms with Gasteiger partial charge in [-0.2, -0.15) is 0 Å². The maximum absolute atomic E-state index is 6.85. The smallest absolute Gasteiger partial charge is 0.146 e. The number of benzene rings is 22. The summed E-state index contributed by atoms with van der Waals surface area (Å²) in [4.78, 5) is 0. The molecule has 0 fully saturated rings. The number of nitrogens with zero attached hydrogens (tertiary/aromatic N) is 3. The Morgan fingerprint density at radius 3 is 1.04 bits per heavy atom. The van der Waals surface area contributed by atoms with E-state index in [0.29, 0.717) is 0 Å². The molecule has 0 aliphatic carbocycles. The minimum absolute atomic E-state index is 0.868. The van der Waals surface area contributed by atoms with Crippen LogP contribution in [0.2, 0.25) is 0 Å². The van der Waals surface area contributed by atoms with Crippen molar-refractivity contribution in [3.8, 4) is 50.4 Å². The van der Waals surface area contributed by atoms with E-state index in [4.69, 9.17) is 17.7 Å². The third kappa shape index (κ3) is 10.9. The van der Waals surface area contributed by atoms with E-state index in [2.05, 4.69) is 414 Å². The summed E-state index contributed by atoms with van der Waals surface area (Å²) >= 11 is 5.70. The summed E-state index contributed by atoms with van der Waals surface area (Å²) < 4.78 is 41.9. The first kappa shape index (κ1) is 75.5. The molecule has 0 saturated heterocycles. The van der Waals surface area contributed by atoms with E-state index >= 15 is 0 Å². The van der Waals surface area contributed by atoms with Crippen LogP contribution in [0.15, 0.2) is 448 Å². The molecule has 0 aliphatic rings. The lowest BCUT2D eigenvalue weighted by Crippen LogP contribution is -1.97. The highest BCUT2D eigenvalue weighted by Gasteiger charge is 2.31. The third-order valence-electron chi connectivity index (χ3n) is 28.5. The highest BCUT2D eigenvalue weighted by Crippen LogP contribution is 2.57. The number of furan rings is 4. The Hall–Kier alpha value is -17.1. The largest absolute Gasteiger partial charge is 0.456 e. The molecule has 0 unspecified atom stereocenters. The molecule has 32 aromatic rings. The Labute approximate surface area is 786 Å². The van der Waals surface area contributed by atoms with Crippen LogP contribution in [0.1, 0.15) is 0 Å². The predicted octanol–water partition coefficient (Wildman–Crippen LogP) is 37.5. The second-order valence-electron chi connectivity index (χ2n) is 35.7. The number of para-hydroxylation sites is 7. The molecule has 0 atom stereocenters. The topological polar surface area (TPSA) is 67.3 Å². The van der Waals surface area contributed by atoms with E-state index in [0.717, 1.165) is 126 Å². The quantitative estimate of drug-likeness (QED) is 0.166. The van der Waals surface area contributed by atoms with Gasteiger partial charge in [0.1, 0.15) is 44.7 Å². The summed E-state index contributed by atoms with van der Waals surface area (Å²) in [6.07, 6.45) is 0. The van der Waals surface area contributed by atoms with E-state index < -0.39 is 0 Å². The van der Waals surface area contributed by atoms with Crippen LogP contribution >= 0.6 is 34.0 Å². The van der Waals surface area contributed by atoms with Gasteiger partial charge in [0.05, 0.1) is 54.9 Å². The maximum Gasteiger partial charge on any atom is 0.146 e. The fraction of sp³-hybridized carbons (Fsp3) is 0. The van der Waals surface area contributed by atoms with Crippen LogP contribution in [0, 0.1) is 0 Å². The molecule has 10 aromatic heterocycles. The van der Waals surface area contributed by atoms with Gasteiger partial charge in [0.25, 0.3) is 0 Å². The van der Waals surface area contributed by atoms with Crippen LogP contribution in [0.5, 0.6) is 0 Å². The molecule has 0 saturated carbocycles. The molecule has 0 amide bonds. The molecule has 0 aliphatic heterocycles. The fourth-order valence-corrected chi connectivity index (χ4v) is 26.4. The molecule has 10 heterocycles. The van der Waals surface area contributed by atoms with E-state index in [1.807, 2.05) is 64.3 Å². The van der Waals surface area contributed by atoms with Gasteiger partial charge in [-0.05, 0) is 161 Å². The van der Waals surface area contributed by atoms with Gasteiger partial charge in [0.2, 0.25) is 0 Å². The zero-order valence-electron chi connectivity index (χ0n) is 72.7. The van der Waals surface area contributed by atoms with Gasteiger partial charge in [0.15, 0.2) is 0 Å². The summed E-state index contributed by atoms with van der Waals surface area (Å²) in [7, 11) is 0. The number of thiophene rings is 3. The average Bonchev–Trinajstić information content (AvgIpc) is 1.52. The van der Waals surface area contributed by atoms with Gasteiger partial charge in [0, 0.05) is 163 Å². The average molecular weight is 1790 g/mol. The van der Waals surface area contributed by atoms with Gasteiger partial charge in [-0.3, -0.25) is 0 Å². The van der Waals surface area contributed by atoms with E-state index in [1.165, 1.54) is 170 Å². The summed E-state index contributed by atoms with van der Waals surface area (Å²) in [6.45, 7) is 0. The summed E-state index contributed by atoms with van der Waals surface area (Å²) in [5, 5.41) is 31.7.